The van der Waals surface area contributed by atoms with Gasteiger partial charge in [0, 0.05) is 71.6 Å². The Labute approximate surface area is 392 Å². The van der Waals surface area contributed by atoms with Crippen molar-refractivity contribution < 1.29 is 130 Å². The second kappa shape index (κ2) is 73.3. The Kier molecular flexibility index (Phi) is 97.6. The topological polar surface area (TPSA) is 494 Å². The zero-order valence-corrected chi connectivity index (χ0v) is 37.7. The van der Waals surface area contributed by atoms with Gasteiger partial charge in [0.2, 0.25) is 0 Å². The molecule has 26 heteroatoms. The van der Waals surface area contributed by atoms with Gasteiger partial charge in [-0.25, -0.2) is 47.9 Å². The molecular weight excluding hydrogens is 920 g/mol. The first-order valence-electron chi connectivity index (χ1n) is 17.4. The van der Waals surface area contributed by atoms with E-state index < -0.39 is 70.5 Å². The third-order valence-electron chi connectivity index (χ3n) is 5.26. The fourth-order valence-electron chi connectivity index (χ4n) is 0.971. The van der Waals surface area contributed by atoms with E-state index in [0.717, 1.165) is 60.8 Å². The summed E-state index contributed by atoms with van der Waals surface area (Å²) < 4.78 is 0. The zero-order chi connectivity index (χ0) is 57.5. The highest BCUT2D eigenvalue weighted by atomic mass is 16.4. The van der Waals surface area contributed by atoms with Gasteiger partial charge in [0.15, 0.2) is 0 Å². The van der Waals surface area contributed by atoms with Gasteiger partial charge >= 0.3 is 59.7 Å². The molecule has 16 N–H and O–H groups in total. The maximum atomic E-state index is 9.25. The maximum absolute atomic E-state index is 9.25. The van der Waals surface area contributed by atoms with E-state index in [9.17, 15) is 47.9 Å². The Morgan fingerprint density at radius 2 is 0.324 bits per heavy atom. The Hall–Kier alpha value is -8.14. The molecule has 0 aliphatic heterocycles. The van der Waals surface area contributed by atoms with Crippen LogP contribution in [0.15, 0.2) is 127 Å². The predicted molar refractivity (Wildman–Crippen MR) is 246 cm³/mol. The lowest BCUT2D eigenvalue weighted by Gasteiger charge is -2.24. The number of rotatable bonds is 18. The van der Waals surface area contributed by atoms with Gasteiger partial charge in [-0.15, -0.1) is 0 Å². The molecule has 0 aliphatic rings. The highest BCUT2D eigenvalue weighted by Gasteiger charge is 2.25. The summed E-state index contributed by atoms with van der Waals surface area (Å²) in [4.78, 5) is 92.5. The molecule has 0 heterocycles. The fourth-order valence-corrected chi connectivity index (χ4v) is 0.971. The first kappa shape index (κ1) is 90.5. The van der Waals surface area contributed by atoms with Crippen molar-refractivity contribution in [3.05, 3.63) is 127 Å². The van der Waals surface area contributed by atoms with Crippen LogP contribution in [0.25, 0.3) is 0 Å². The SMILES string of the molecule is C=CC(=O)O.C=CC(=O)O.C=CC(=O)O.C=CC(=O)O.C=CC(=O)O.C=CC(=O)O.C=CC(=O)O.C=CC(=O)O.C=CC(=O)O.C=CC(=O)O.CCC(CO)(CO)CO.CCC(CO)(CO)CO. The van der Waals surface area contributed by atoms with E-state index >= 15 is 0 Å². The third-order valence-corrected chi connectivity index (χ3v) is 5.26. The van der Waals surface area contributed by atoms with Crippen LogP contribution in [0.3, 0.4) is 0 Å². The summed E-state index contributed by atoms with van der Waals surface area (Å²) >= 11 is 0. The molecule has 0 unspecified atom stereocenters. The van der Waals surface area contributed by atoms with Crippen LogP contribution >= 0.6 is 0 Å². The van der Waals surface area contributed by atoms with Gasteiger partial charge in [0.1, 0.15) is 0 Å². The quantitative estimate of drug-likeness (QED) is 0.0860. The highest BCUT2D eigenvalue weighted by molar-refractivity contribution is 5.81. The molecule has 0 aromatic heterocycles. The second-order valence-electron chi connectivity index (χ2n) is 10.1. The number of aliphatic hydroxyl groups is 6. The van der Waals surface area contributed by atoms with Crippen LogP contribution in [0.1, 0.15) is 26.7 Å². The molecule has 0 rings (SSSR count). The van der Waals surface area contributed by atoms with Gasteiger partial charge in [0.05, 0.1) is 39.6 Å². The molecule has 392 valence electrons. The molecule has 0 saturated heterocycles. The molecule has 0 aromatic carbocycles. The van der Waals surface area contributed by atoms with Gasteiger partial charge < -0.3 is 81.7 Å². The summed E-state index contributed by atoms with van der Waals surface area (Å²) in [6.07, 6.45) is 9.52. The normalized spacial score (nSPS) is 7.88. The highest BCUT2D eigenvalue weighted by Crippen LogP contribution is 2.19. The molecule has 0 spiro atoms. The van der Waals surface area contributed by atoms with Crippen molar-refractivity contribution in [1.82, 2.24) is 0 Å². The molecular formula is C42H68O26. The molecule has 0 aliphatic carbocycles. The summed E-state index contributed by atoms with van der Waals surface area (Å²) in [5, 5.41) is 128. The van der Waals surface area contributed by atoms with Gasteiger partial charge in [-0.3, -0.25) is 0 Å². The Morgan fingerprint density at radius 1 is 0.265 bits per heavy atom. The first-order chi connectivity index (χ1) is 31.2. The number of carbonyl (C=O) groups is 10. The van der Waals surface area contributed by atoms with Crippen molar-refractivity contribution in [1.29, 1.82) is 0 Å². The van der Waals surface area contributed by atoms with Gasteiger partial charge in [-0.05, 0) is 12.8 Å². The summed E-state index contributed by atoms with van der Waals surface area (Å²) in [6, 6.07) is 0. The lowest BCUT2D eigenvalue weighted by Crippen LogP contribution is -2.32. The number of aliphatic hydroxyl groups excluding tert-OH is 6. The molecule has 0 fully saturated rings. The van der Waals surface area contributed by atoms with Crippen LogP contribution in [-0.4, -0.2) is 181 Å². The Morgan fingerprint density at radius 3 is 0.324 bits per heavy atom. The molecule has 0 bridgehead atoms. The van der Waals surface area contributed by atoms with Crippen molar-refractivity contribution in [2.45, 2.75) is 26.7 Å². The largest absolute Gasteiger partial charge is 0.478 e. The molecule has 0 radical (unpaired) electrons. The number of carboxylic acid groups (broad SMARTS) is 10. The number of aliphatic carboxylic acids is 10. The molecule has 0 saturated carbocycles. The summed E-state index contributed by atoms with van der Waals surface area (Å²) in [6.45, 7) is 32.3. The van der Waals surface area contributed by atoms with Crippen molar-refractivity contribution in [2.75, 3.05) is 39.6 Å². The standard InChI is InChI=1S/2C6H14O3.10C3H4O2/c2*1-2-6(3-7,4-8)5-9;10*1-2-3(4)5/h2*7-9H,2-5H2,1H3;10*2H,1H2,(H,4,5). The monoisotopic (exact) mass is 988 g/mol. The minimum absolute atomic E-state index is 0.156. The van der Waals surface area contributed by atoms with Crippen molar-refractivity contribution in [3.63, 3.8) is 0 Å². The average molecular weight is 989 g/mol. The smallest absolute Gasteiger partial charge is 0.327 e. The van der Waals surface area contributed by atoms with Crippen molar-refractivity contribution >= 4 is 59.7 Å². The lowest BCUT2D eigenvalue weighted by molar-refractivity contribution is -0.132. The van der Waals surface area contributed by atoms with E-state index in [1.54, 1.807) is 0 Å². The average Bonchev–Trinajstić information content (AvgIpc) is 3.32. The minimum Gasteiger partial charge on any atom is -0.478 e. The number of carboxylic acids is 10. The van der Waals surface area contributed by atoms with Crippen LogP contribution < -0.4 is 0 Å². The third kappa shape index (κ3) is 145. The lowest BCUT2D eigenvalue weighted by atomic mass is 9.88. The van der Waals surface area contributed by atoms with Gasteiger partial charge in [-0.1, -0.05) is 79.6 Å². The van der Waals surface area contributed by atoms with Crippen LogP contribution in [0, 0.1) is 10.8 Å². The zero-order valence-electron chi connectivity index (χ0n) is 37.7. The second-order valence-corrected chi connectivity index (χ2v) is 10.1. The Bertz CT molecular complexity index is 1130. The van der Waals surface area contributed by atoms with Gasteiger partial charge in [0.25, 0.3) is 0 Å². The number of hydrogen-bond donors (Lipinski definition) is 16. The van der Waals surface area contributed by atoms with Crippen molar-refractivity contribution in [2.24, 2.45) is 10.8 Å². The summed E-state index contributed by atoms with van der Waals surface area (Å²) in [7, 11) is 0. The van der Waals surface area contributed by atoms with Crippen LogP contribution in [0.4, 0.5) is 0 Å². The summed E-state index contributed by atoms with van der Waals surface area (Å²) in [5.41, 5.74) is -1.33. The Balaban J connectivity index is -0.0000000507. The van der Waals surface area contributed by atoms with E-state index in [1.807, 2.05) is 13.8 Å². The molecule has 0 amide bonds. The molecule has 26 nitrogen and oxygen atoms in total. The predicted octanol–water partition coefficient (Wildman–Crippen LogP) is 1.29. The van der Waals surface area contributed by atoms with E-state index in [1.165, 1.54) is 0 Å². The van der Waals surface area contributed by atoms with E-state index in [0.29, 0.717) is 12.8 Å². The van der Waals surface area contributed by atoms with E-state index in [4.69, 9.17) is 81.7 Å². The molecule has 0 atom stereocenters. The molecule has 0 aromatic rings. The fraction of sp³-hybridized carbons (Fsp3) is 0.286. The van der Waals surface area contributed by atoms with Crippen LogP contribution in [-0.2, 0) is 47.9 Å². The van der Waals surface area contributed by atoms with Gasteiger partial charge in [-0.2, -0.15) is 0 Å². The maximum Gasteiger partial charge on any atom is 0.327 e. The van der Waals surface area contributed by atoms with Crippen molar-refractivity contribution in [3.8, 4) is 0 Å². The van der Waals surface area contributed by atoms with Crippen LogP contribution in [0.5, 0.6) is 0 Å². The first-order valence-corrected chi connectivity index (χ1v) is 17.4. The molecule has 68 heavy (non-hydrogen) atoms. The van der Waals surface area contributed by atoms with E-state index in [2.05, 4.69) is 65.8 Å². The minimum atomic E-state index is -0.981. The van der Waals surface area contributed by atoms with E-state index in [-0.39, 0.29) is 39.6 Å². The number of hydrogen-bond acceptors (Lipinski definition) is 16. The summed E-state index contributed by atoms with van der Waals surface area (Å²) in [5.74, 6) is -9.81. The van der Waals surface area contributed by atoms with Crippen LogP contribution in [0.2, 0.25) is 0 Å².